The molecule has 0 aromatic carbocycles. The minimum atomic E-state index is 0.482. The molecule has 0 heterocycles. The van der Waals surface area contributed by atoms with E-state index in [-0.39, 0.29) is 0 Å². The standard InChI is InChI=1S/C11H19NO/c1-2-12(9-6-7-9)10-4-3-5-11(13)8-10/h9-10H,2-8H2,1H3. The molecule has 74 valence electrons. The van der Waals surface area contributed by atoms with Gasteiger partial charge in [-0.1, -0.05) is 6.92 Å². The number of rotatable bonds is 3. The summed E-state index contributed by atoms with van der Waals surface area (Å²) in [5, 5.41) is 0. The molecule has 0 amide bonds. The van der Waals surface area contributed by atoms with E-state index in [0.717, 1.165) is 31.8 Å². The van der Waals surface area contributed by atoms with Crippen LogP contribution in [0.1, 0.15) is 45.4 Å². The molecule has 0 N–H and O–H groups in total. The van der Waals surface area contributed by atoms with Gasteiger partial charge in [-0.2, -0.15) is 0 Å². The van der Waals surface area contributed by atoms with Gasteiger partial charge in [0, 0.05) is 24.9 Å². The van der Waals surface area contributed by atoms with Gasteiger partial charge in [0.1, 0.15) is 5.78 Å². The van der Waals surface area contributed by atoms with Gasteiger partial charge in [-0.3, -0.25) is 9.69 Å². The number of hydrogen-bond donors (Lipinski definition) is 0. The molecule has 2 aliphatic carbocycles. The number of carbonyl (C=O) groups excluding carboxylic acids is 1. The van der Waals surface area contributed by atoms with Crippen LogP contribution in [0.2, 0.25) is 0 Å². The lowest BCUT2D eigenvalue weighted by atomic mass is 9.93. The minimum absolute atomic E-state index is 0.482. The number of carbonyl (C=O) groups is 1. The molecule has 0 radical (unpaired) electrons. The predicted molar refractivity (Wildman–Crippen MR) is 52.7 cm³/mol. The zero-order valence-electron chi connectivity index (χ0n) is 8.46. The maximum Gasteiger partial charge on any atom is 0.134 e. The van der Waals surface area contributed by atoms with Crippen LogP contribution in [0.4, 0.5) is 0 Å². The van der Waals surface area contributed by atoms with Crippen molar-refractivity contribution in [3.8, 4) is 0 Å². The Labute approximate surface area is 80.3 Å². The Balaban J connectivity index is 1.92. The second kappa shape index (κ2) is 3.79. The van der Waals surface area contributed by atoms with E-state index < -0.39 is 0 Å². The Morgan fingerprint density at radius 2 is 2.08 bits per heavy atom. The van der Waals surface area contributed by atoms with E-state index in [9.17, 15) is 4.79 Å². The molecule has 2 nitrogen and oxygen atoms in total. The Bertz CT molecular complexity index is 198. The van der Waals surface area contributed by atoms with Crippen molar-refractivity contribution in [1.29, 1.82) is 0 Å². The van der Waals surface area contributed by atoms with Gasteiger partial charge in [0.2, 0.25) is 0 Å². The molecule has 1 unspecified atom stereocenters. The first-order chi connectivity index (χ1) is 6.31. The Kier molecular flexibility index (Phi) is 2.68. The summed E-state index contributed by atoms with van der Waals surface area (Å²) in [6.07, 6.45) is 6.74. The third-order valence-corrected chi connectivity index (χ3v) is 3.31. The number of Topliss-reactive ketones (excluding diaryl/α,β-unsaturated/α-hetero) is 1. The molecule has 2 rings (SSSR count). The molecule has 0 aromatic rings. The van der Waals surface area contributed by atoms with Crippen LogP contribution in [0.15, 0.2) is 0 Å². The molecule has 0 spiro atoms. The summed E-state index contributed by atoms with van der Waals surface area (Å²) >= 11 is 0. The summed E-state index contributed by atoms with van der Waals surface area (Å²) in [7, 11) is 0. The smallest absolute Gasteiger partial charge is 0.134 e. The average Bonchev–Trinajstić information content (AvgIpc) is 2.90. The van der Waals surface area contributed by atoms with Gasteiger partial charge in [0.15, 0.2) is 0 Å². The molecule has 0 aliphatic heterocycles. The molecule has 1 atom stereocenters. The zero-order chi connectivity index (χ0) is 9.26. The third-order valence-electron chi connectivity index (χ3n) is 3.31. The molecule has 2 fully saturated rings. The van der Waals surface area contributed by atoms with Crippen molar-refractivity contribution in [2.75, 3.05) is 6.54 Å². The van der Waals surface area contributed by atoms with E-state index >= 15 is 0 Å². The number of nitrogens with zero attached hydrogens (tertiary/aromatic N) is 1. The van der Waals surface area contributed by atoms with Gasteiger partial charge in [0.05, 0.1) is 0 Å². The lowest BCUT2D eigenvalue weighted by molar-refractivity contribution is -0.122. The maximum absolute atomic E-state index is 11.3. The van der Waals surface area contributed by atoms with Crippen LogP contribution in [0.25, 0.3) is 0 Å². The molecular formula is C11H19NO. The van der Waals surface area contributed by atoms with E-state index in [1.165, 1.54) is 19.3 Å². The SMILES string of the molecule is CCN(C1CC1)C1CCCC(=O)C1. The van der Waals surface area contributed by atoms with Crippen LogP contribution < -0.4 is 0 Å². The fourth-order valence-corrected chi connectivity index (χ4v) is 2.51. The first-order valence-electron chi connectivity index (χ1n) is 5.58. The quantitative estimate of drug-likeness (QED) is 0.663. The summed E-state index contributed by atoms with van der Waals surface area (Å²) in [5.74, 6) is 0.482. The van der Waals surface area contributed by atoms with Crippen LogP contribution >= 0.6 is 0 Å². The molecule has 2 aliphatic rings. The van der Waals surface area contributed by atoms with Gasteiger partial charge < -0.3 is 0 Å². The maximum atomic E-state index is 11.3. The molecule has 0 bridgehead atoms. The summed E-state index contributed by atoms with van der Waals surface area (Å²) in [6.45, 7) is 3.35. The highest BCUT2D eigenvalue weighted by Gasteiger charge is 2.34. The topological polar surface area (TPSA) is 20.3 Å². The Morgan fingerprint density at radius 3 is 2.62 bits per heavy atom. The summed E-state index contributed by atoms with van der Waals surface area (Å²) in [5.41, 5.74) is 0. The highest BCUT2D eigenvalue weighted by molar-refractivity contribution is 5.79. The van der Waals surface area contributed by atoms with E-state index in [2.05, 4.69) is 11.8 Å². The fourth-order valence-electron chi connectivity index (χ4n) is 2.51. The summed E-state index contributed by atoms with van der Waals surface area (Å²) in [6, 6.07) is 1.40. The fraction of sp³-hybridized carbons (Fsp3) is 0.909. The lowest BCUT2D eigenvalue weighted by Crippen LogP contribution is -2.40. The van der Waals surface area contributed by atoms with Gasteiger partial charge in [-0.05, 0) is 32.2 Å². The number of ketones is 1. The predicted octanol–water partition coefficient (Wildman–Crippen LogP) is 1.98. The normalized spacial score (nSPS) is 29.7. The Hall–Kier alpha value is -0.370. The molecule has 0 saturated heterocycles. The average molecular weight is 181 g/mol. The van der Waals surface area contributed by atoms with Crippen LogP contribution in [0.3, 0.4) is 0 Å². The van der Waals surface area contributed by atoms with E-state index in [1.807, 2.05) is 0 Å². The second-order valence-corrected chi connectivity index (χ2v) is 4.35. The van der Waals surface area contributed by atoms with Crippen molar-refractivity contribution in [2.24, 2.45) is 0 Å². The van der Waals surface area contributed by atoms with Crippen molar-refractivity contribution < 1.29 is 4.79 Å². The van der Waals surface area contributed by atoms with Gasteiger partial charge in [-0.25, -0.2) is 0 Å². The summed E-state index contributed by atoms with van der Waals surface area (Å²) < 4.78 is 0. The lowest BCUT2D eigenvalue weighted by Gasteiger charge is -2.32. The van der Waals surface area contributed by atoms with E-state index in [4.69, 9.17) is 0 Å². The van der Waals surface area contributed by atoms with Crippen molar-refractivity contribution in [3.05, 3.63) is 0 Å². The van der Waals surface area contributed by atoms with Crippen molar-refractivity contribution in [1.82, 2.24) is 4.90 Å². The van der Waals surface area contributed by atoms with E-state index in [0.29, 0.717) is 11.8 Å². The largest absolute Gasteiger partial charge is 0.300 e. The van der Waals surface area contributed by atoms with Crippen LogP contribution in [0.5, 0.6) is 0 Å². The molecule has 2 saturated carbocycles. The first kappa shape index (κ1) is 9.20. The molecular weight excluding hydrogens is 162 g/mol. The third kappa shape index (κ3) is 2.11. The highest BCUT2D eigenvalue weighted by Crippen LogP contribution is 2.32. The minimum Gasteiger partial charge on any atom is -0.300 e. The van der Waals surface area contributed by atoms with Crippen LogP contribution in [-0.4, -0.2) is 29.3 Å². The number of hydrogen-bond acceptors (Lipinski definition) is 2. The van der Waals surface area contributed by atoms with Gasteiger partial charge >= 0.3 is 0 Å². The van der Waals surface area contributed by atoms with E-state index in [1.54, 1.807) is 0 Å². The van der Waals surface area contributed by atoms with Gasteiger partial charge in [-0.15, -0.1) is 0 Å². The molecule has 2 heteroatoms. The first-order valence-corrected chi connectivity index (χ1v) is 5.58. The molecule has 0 aromatic heterocycles. The van der Waals surface area contributed by atoms with Crippen LogP contribution in [0, 0.1) is 0 Å². The highest BCUT2D eigenvalue weighted by atomic mass is 16.1. The van der Waals surface area contributed by atoms with Crippen molar-refractivity contribution in [2.45, 2.75) is 57.5 Å². The van der Waals surface area contributed by atoms with Crippen molar-refractivity contribution >= 4 is 5.78 Å². The monoisotopic (exact) mass is 181 g/mol. The zero-order valence-corrected chi connectivity index (χ0v) is 8.46. The van der Waals surface area contributed by atoms with Crippen LogP contribution in [-0.2, 0) is 4.79 Å². The molecule has 13 heavy (non-hydrogen) atoms. The van der Waals surface area contributed by atoms with Gasteiger partial charge in [0.25, 0.3) is 0 Å². The Morgan fingerprint density at radius 1 is 1.31 bits per heavy atom. The summed E-state index contributed by atoms with van der Waals surface area (Å²) in [4.78, 5) is 13.9. The van der Waals surface area contributed by atoms with Crippen molar-refractivity contribution in [3.63, 3.8) is 0 Å². The second-order valence-electron chi connectivity index (χ2n) is 4.35.